The second-order valence-electron chi connectivity index (χ2n) is 5.82. The van der Waals surface area contributed by atoms with Gasteiger partial charge in [-0.2, -0.15) is 0 Å². The zero-order valence-corrected chi connectivity index (χ0v) is 15.3. The molecule has 26 heavy (non-hydrogen) atoms. The van der Waals surface area contributed by atoms with E-state index in [0.29, 0.717) is 0 Å². The lowest BCUT2D eigenvalue weighted by atomic mass is 10.1. The predicted octanol–water partition coefficient (Wildman–Crippen LogP) is 6.38. The average Bonchev–Trinajstić information content (AvgIpc) is 2.68. The minimum absolute atomic E-state index is 0.263. The quantitative estimate of drug-likeness (QED) is 0.384. The Bertz CT molecular complexity index is 1050. The van der Waals surface area contributed by atoms with Gasteiger partial charge in [-0.25, -0.2) is 4.39 Å². The molecule has 0 bridgehead atoms. The Morgan fingerprint density at radius 2 is 1.50 bits per heavy atom. The third-order valence-corrected chi connectivity index (χ3v) is 5.36. The molecule has 0 saturated carbocycles. The van der Waals surface area contributed by atoms with Crippen molar-refractivity contribution >= 4 is 34.1 Å². The summed E-state index contributed by atoms with van der Waals surface area (Å²) in [4.78, 5) is 0. The minimum atomic E-state index is -0.263. The molecular weight excluding hydrogens is 367 g/mol. The SMILES string of the molecule is Fc1ccc(-c2nnc(SCc3ccc(Cl)cc3)c3ccccc23)cc1. The first-order chi connectivity index (χ1) is 12.7. The van der Waals surface area contributed by atoms with Crippen LogP contribution in [0.25, 0.3) is 22.0 Å². The van der Waals surface area contributed by atoms with E-state index in [4.69, 9.17) is 11.6 Å². The van der Waals surface area contributed by atoms with Gasteiger partial charge in [-0.15, -0.1) is 10.2 Å². The Morgan fingerprint density at radius 1 is 0.808 bits per heavy atom. The summed E-state index contributed by atoms with van der Waals surface area (Å²) in [7, 11) is 0. The van der Waals surface area contributed by atoms with Crippen molar-refractivity contribution in [1.82, 2.24) is 10.2 Å². The van der Waals surface area contributed by atoms with Gasteiger partial charge in [-0.3, -0.25) is 0 Å². The van der Waals surface area contributed by atoms with Crippen LogP contribution in [0.2, 0.25) is 5.02 Å². The molecule has 0 saturated heterocycles. The van der Waals surface area contributed by atoms with E-state index in [9.17, 15) is 4.39 Å². The van der Waals surface area contributed by atoms with E-state index >= 15 is 0 Å². The Morgan fingerprint density at radius 3 is 2.23 bits per heavy atom. The van der Waals surface area contributed by atoms with Gasteiger partial charge in [0.1, 0.15) is 16.5 Å². The van der Waals surface area contributed by atoms with Crippen molar-refractivity contribution in [2.75, 3.05) is 0 Å². The lowest BCUT2D eigenvalue weighted by Crippen LogP contribution is -1.94. The average molecular weight is 381 g/mol. The highest BCUT2D eigenvalue weighted by atomic mass is 35.5. The third-order valence-electron chi connectivity index (χ3n) is 4.06. The number of hydrogen-bond acceptors (Lipinski definition) is 3. The summed E-state index contributed by atoms with van der Waals surface area (Å²) < 4.78 is 13.2. The van der Waals surface area contributed by atoms with E-state index in [1.807, 2.05) is 48.5 Å². The van der Waals surface area contributed by atoms with E-state index in [0.717, 1.165) is 37.8 Å². The third kappa shape index (κ3) is 3.57. The molecule has 128 valence electrons. The fraction of sp³-hybridized carbons (Fsp3) is 0.0476. The highest BCUT2D eigenvalue weighted by molar-refractivity contribution is 7.98. The monoisotopic (exact) mass is 380 g/mol. The summed E-state index contributed by atoms with van der Waals surface area (Å²) in [5.41, 5.74) is 2.79. The maximum absolute atomic E-state index is 13.2. The summed E-state index contributed by atoms with van der Waals surface area (Å²) in [6, 6.07) is 22.2. The van der Waals surface area contributed by atoms with Crippen molar-refractivity contribution in [2.45, 2.75) is 10.8 Å². The van der Waals surface area contributed by atoms with Crippen LogP contribution in [0.3, 0.4) is 0 Å². The number of hydrogen-bond donors (Lipinski definition) is 0. The van der Waals surface area contributed by atoms with Crippen LogP contribution in [0.1, 0.15) is 5.56 Å². The molecule has 2 nitrogen and oxygen atoms in total. The van der Waals surface area contributed by atoms with Crippen LogP contribution in [0.15, 0.2) is 77.8 Å². The molecule has 0 unspecified atom stereocenters. The maximum atomic E-state index is 13.2. The maximum Gasteiger partial charge on any atom is 0.127 e. The normalized spacial score (nSPS) is 11.0. The van der Waals surface area contributed by atoms with E-state index in [2.05, 4.69) is 10.2 Å². The van der Waals surface area contributed by atoms with Crippen LogP contribution >= 0.6 is 23.4 Å². The first-order valence-corrected chi connectivity index (χ1v) is 9.46. The molecule has 3 aromatic carbocycles. The van der Waals surface area contributed by atoms with Crippen molar-refractivity contribution < 1.29 is 4.39 Å². The molecule has 1 heterocycles. The van der Waals surface area contributed by atoms with Crippen LogP contribution in [0, 0.1) is 5.82 Å². The molecule has 5 heteroatoms. The Kier molecular flexibility index (Phi) is 4.87. The van der Waals surface area contributed by atoms with E-state index in [1.54, 1.807) is 23.9 Å². The molecule has 4 aromatic rings. The molecule has 0 atom stereocenters. The van der Waals surface area contributed by atoms with Gasteiger partial charge in [-0.1, -0.05) is 59.8 Å². The van der Waals surface area contributed by atoms with E-state index < -0.39 is 0 Å². The summed E-state index contributed by atoms with van der Waals surface area (Å²) in [6.45, 7) is 0. The van der Waals surface area contributed by atoms with Gasteiger partial charge in [0.2, 0.25) is 0 Å². The molecule has 0 aliphatic carbocycles. The van der Waals surface area contributed by atoms with Crippen LogP contribution < -0.4 is 0 Å². The smallest absolute Gasteiger partial charge is 0.127 e. The van der Waals surface area contributed by atoms with Crippen molar-refractivity contribution in [3.8, 4) is 11.3 Å². The second kappa shape index (κ2) is 7.44. The standard InChI is InChI=1S/C21H14ClFN2S/c22-16-9-5-14(6-10-16)13-26-21-19-4-2-1-3-18(19)20(24-25-21)15-7-11-17(23)12-8-15/h1-12H,13H2. The van der Waals surface area contributed by atoms with Gasteiger partial charge in [0.15, 0.2) is 0 Å². The molecule has 0 N–H and O–H groups in total. The summed E-state index contributed by atoms with van der Waals surface area (Å²) in [5, 5.41) is 12.5. The van der Waals surface area contributed by atoms with Crippen molar-refractivity contribution in [3.63, 3.8) is 0 Å². The molecule has 4 rings (SSSR count). The second-order valence-corrected chi connectivity index (χ2v) is 7.22. The van der Waals surface area contributed by atoms with Crippen LogP contribution in [0.4, 0.5) is 4.39 Å². The molecule has 1 aromatic heterocycles. The summed E-state index contributed by atoms with van der Waals surface area (Å²) in [6.07, 6.45) is 0. The Labute approximate surface area is 160 Å². The van der Waals surface area contributed by atoms with Crippen molar-refractivity contribution in [2.24, 2.45) is 0 Å². The number of aromatic nitrogens is 2. The minimum Gasteiger partial charge on any atom is -0.207 e. The van der Waals surface area contributed by atoms with E-state index in [1.165, 1.54) is 17.7 Å². The Balaban J connectivity index is 1.69. The molecule has 0 amide bonds. The van der Waals surface area contributed by atoms with Gasteiger partial charge in [0.25, 0.3) is 0 Å². The lowest BCUT2D eigenvalue weighted by molar-refractivity contribution is 0.628. The van der Waals surface area contributed by atoms with Crippen molar-refractivity contribution in [3.05, 3.63) is 89.2 Å². The molecule has 0 aliphatic rings. The van der Waals surface area contributed by atoms with Gasteiger partial charge >= 0.3 is 0 Å². The largest absolute Gasteiger partial charge is 0.207 e. The molecule has 0 spiro atoms. The van der Waals surface area contributed by atoms with Crippen LogP contribution in [-0.2, 0) is 5.75 Å². The highest BCUT2D eigenvalue weighted by Gasteiger charge is 2.11. The molecule has 0 aliphatic heterocycles. The van der Waals surface area contributed by atoms with Gasteiger partial charge in [0.05, 0.1) is 0 Å². The van der Waals surface area contributed by atoms with Gasteiger partial charge in [-0.05, 0) is 42.0 Å². The van der Waals surface area contributed by atoms with Crippen molar-refractivity contribution in [1.29, 1.82) is 0 Å². The van der Waals surface area contributed by atoms with E-state index in [-0.39, 0.29) is 5.82 Å². The van der Waals surface area contributed by atoms with Gasteiger partial charge in [0, 0.05) is 27.1 Å². The number of benzene rings is 3. The van der Waals surface area contributed by atoms with Gasteiger partial charge < -0.3 is 0 Å². The molecule has 0 radical (unpaired) electrons. The number of halogens is 2. The topological polar surface area (TPSA) is 25.8 Å². The Hall–Kier alpha value is -2.43. The summed E-state index contributed by atoms with van der Waals surface area (Å²) >= 11 is 7.58. The first kappa shape index (κ1) is 17.0. The zero-order chi connectivity index (χ0) is 17.9. The zero-order valence-electron chi connectivity index (χ0n) is 13.7. The fourth-order valence-corrected chi connectivity index (χ4v) is 3.79. The summed E-state index contributed by atoms with van der Waals surface area (Å²) in [5.74, 6) is 0.521. The molecule has 0 fully saturated rings. The van der Waals surface area contributed by atoms with Crippen LogP contribution in [0.5, 0.6) is 0 Å². The van der Waals surface area contributed by atoms with Crippen LogP contribution in [-0.4, -0.2) is 10.2 Å². The lowest BCUT2D eigenvalue weighted by Gasteiger charge is -2.09. The predicted molar refractivity (Wildman–Crippen MR) is 106 cm³/mol. The number of rotatable bonds is 4. The molecular formula is C21H14ClFN2S. The number of thioether (sulfide) groups is 1. The first-order valence-electron chi connectivity index (χ1n) is 8.09. The fourth-order valence-electron chi connectivity index (χ4n) is 2.74. The number of fused-ring (bicyclic) bond motifs is 1. The highest BCUT2D eigenvalue weighted by Crippen LogP contribution is 2.33. The number of nitrogens with zero attached hydrogens (tertiary/aromatic N) is 2.